The van der Waals surface area contributed by atoms with Gasteiger partial charge in [0, 0.05) is 11.1 Å². The number of allylic oxidation sites excluding steroid dienone is 2. The van der Waals surface area contributed by atoms with E-state index in [0.29, 0.717) is 22.9 Å². The van der Waals surface area contributed by atoms with Gasteiger partial charge in [-0.3, -0.25) is 0 Å². The van der Waals surface area contributed by atoms with Gasteiger partial charge >= 0.3 is 0 Å². The zero-order chi connectivity index (χ0) is 21.1. The quantitative estimate of drug-likeness (QED) is 0.453. The van der Waals surface area contributed by atoms with Crippen molar-refractivity contribution in [2.24, 2.45) is 5.92 Å². The van der Waals surface area contributed by atoms with Gasteiger partial charge in [0.15, 0.2) is 0 Å². The molecule has 0 saturated heterocycles. The second-order valence-electron chi connectivity index (χ2n) is 10.5. The van der Waals surface area contributed by atoms with Gasteiger partial charge in [-0.2, -0.15) is 0 Å². The first-order chi connectivity index (χ1) is 13.6. The van der Waals surface area contributed by atoms with Gasteiger partial charge in [-0.15, -0.1) is 0 Å². The van der Waals surface area contributed by atoms with Crippen LogP contribution in [0.2, 0.25) is 13.1 Å². The Kier molecular flexibility index (Phi) is 5.02. The molecule has 1 heteroatoms. The largest absolute Gasteiger partial charge is 0.0722 e. The van der Waals surface area contributed by atoms with Gasteiger partial charge in [0.05, 0.1) is 8.07 Å². The highest BCUT2D eigenvalue weighted by Gasteiger charge is 2.48. The molecule has 2 atom stereocenters. The van der Waals surface area contributed by atoms with Crippen LogP contribution in [0.25, 0.3) is 12.2 Å². The van der Waals surface area contributed by atoms with E-state index in [4.69, 9.17) is 0 Å². The summed E-state index contributed by atoms with van der Waals surface area (Å²) in [6.07, 6.45) is 5.03. The van der Waals surface area contributed by atoms with Gasteiger partial charge in [0.2, 0.25) is 0 Å². The first-order valence-corrected chi connectivity index (χ1v) is 14.4. The molecule has 2 aliphatic carbocycles. The molecule has 2 aromatic carbocycles. The lowest BCUT2D eigenvalue weighted by atomic mass is 9.92. The van der Waals surface area contributed by atoms with Crippen molar-refractivity contribution in [3.05, 3.63) is 80.9 Å². The molecule has 4 rings (SSSR count). The fraction of sp³-hybridized carbons (Fsp3) is 0.429. The second-order valence-corrected chi connectivity index (χ2v) is 15.3. The van der Waals surface area contributed by atoms with Crippen LogP contribution in [0.3, 0.4) is 0 Å². The minimum absolute atomic E-state index is 0.565. The Labute approximate surface area is 178 Å². The van der Waals surface area contributed by atoms with E-state index in [1.165, 1.54) is 22.3 Å². The summed E-state index contributed by atoms with van der Waals surface area (Å²) in [6.45, 7) is 19.4. The lowest BCUT2D eigenvalue weighted by molar-refractivity contribution is 0.730. The number of fused-ring (bicyclic) bond motifs is 2. The maximum atomic E-state index is 2.65. The Balaban J connectivity index is 1.89. The molecule has 0 saturated carbocycles. The van der Waals surface area contributed by atoms with E-state index in [9.17, 15) is 0 Å². The van der Waals surface area contributed by atoms with Gasteiger partial charge in [0.1, 0.15) is 0 Å². The van der Waals surface area contributed by atoms with Crippen molar-refractivity contribution in [3.8, 4) is 0 Å². The first-order valence-electron chi connectivity index (χ1n) is 11.3. The van der Waals surface area contributed by atoms with E-state index in [2.05, 4.69) is 103 Å². The van der Waals surface area contributed by atoms with Crippen LogP contribution >= 0.6 is 0 Å². The van der Waals surface area contributed by atoms with Crippen molar-refractivity contribution >= 4 is 20.2 Å². The van der Waals surface area contributed by atoms with Gasteiger partial charge in [-0.05, 0) is 59.1 Å². The number of hydrogen-bond donors (Lipinski definition) is 0. The highest BCUT2D eigenvalue weighted by Crippen LogP contribution is 2.54. The maximum absolute atomic E-state index is 2.65. The van der Waals surface area contributed by atoms with Crippen molar-refractivity contribution < 1.29 is 0 Å². The monoisotopic (exact) mass is 400 g/mol. The summed E-state index contributed by atoms with van der Waals surface area (Å²) in [7, 11) is -1.75. The molecule has 0 heterocycles. The van der Waals surface area contributed by atoms with E-state index < -0.39 is 8.07 Å². The third kappa shape index (κ3) is 3.10. The Morgan fingerprint density at radius 2 is 1.48 bits per heavy atom. The fourth-order valence-electron chi connectivity index (χ4n) is 6.15. The van der Waals surface area contributed by atoms with Crippen LogP contribution in [0.15, 0.2) is 47.5 Å². The molecule has 0 amide bonds. The molecule has 0 aromatic heterocycles. The van der Waals surface area contributed by atoms with Gasteiger partial charge in [-0.1, -0.05) is 100 Å². The van der Waals surface area contributed by atoms with E-state index in [0.717, 1.165) is 0 Å². The van der Waals surface area contributed by atoms with Crippen LogP contribution in [0, 0.1) is 12.8 Å². The molecule has 0 nitrogen and oxygen atoms in total. The molecule has 2 aliphatic rings. The summed E-state index contributed by atoms with van der Waals surface area (Å²) in [5.74, 6) is 1.16. The number of aryl methyl sites for hydroxylation is 1. The third-order valence-electron chi connectivity index (χ3n) is 7.39. The maximum Gasteiger partial charge on any atom is 0.0722 e. The molecule has 29 heavy (non-hydrogen) atoms. The Hall–Kier alpha value is -1.86. The molecular weight excluding hydrogens is 364 g/mol. The highest BCUT2D eigenvalue weighted by atomic mass is 28.3. The van der Waals surface area contributed by atoms with Crippen LogP contribution in [-0.2, 0) is 0 Å². The number of benzene rings is 2. The molecule has 2 unspecified atom stereocenters. The van der Waals surface area contributed by atoms with Gasteiger partial charge < -0.3 is 0 Å². The van der Waals surface area contributed by atoms with E-state index in [1.54, 1.807) is 22.3 Å². The number of hydrogen-bond acceptors (Lipinski definition) is 0. The fourth-order valence-corrected chi connectivity index (χ4v) is 11.2. The second kappa shape index (κ2) is 7.13. The first kappa shape index (κ1) is 20.4. The van der Waals surface area contributed by atoms with E-state index in [-0.39, 0.29) is 0 Å². The molecule has 2 aromatic rings. The average molecular weight is 401 g/mol. The van der Waals surface area contributed by atoms with Crippen molar-refractivity contribution in [1.82, 2.24) is 0 Å². The Bertz CT molecular complexity index is 1020. The molecule has 0 fully saturated rings. The lowest BCUT2D eigenvalue weighted by Gasteiger charge is -2.41. The minimum Gasteiger partial charge on any atom is -0.0679 e. The zero-order valence-electron chi connectivity index (χ0n) is 19.4. The van der Waals surface area contributed by atoms with Crippen molar-refractivity contribution in [2.45, 2.75) is 71.6 Å². The van der Waals surface area contributed by atoms with Crippen LogP contribution in [0.4, 0.5) is 0 Å². The topological polar surface area (TPSA) is 0 Å². The van der Waals surface area contributed by atoms with Crippen LogP contribution < -0.4 is 0 Å². The van der Waals surface area contributed by atoms with Crippen molar-refractivity contribution in [1.29, 1.82) is 0 Å². The summed E-state index contributed by atoms with van der Waals surface area (Å²) in [5, 5.41) is 0. The predicted molar refractivity (Wildman–Crippen MR) is 131 cm³/mol. The van der Waals surface area contributed by atoms with Gasteiger partial charge in [0.25, 0.3) is 0 Å². The normalized spacial score (nSPS) is 20.8. The van der Waals surface area contributed by atoms with Crippen molar-refractivity contribution in [2.75, 3.05) is 0 Å². The molecule has 152 valence electrons. The van der Waals surface area contributed by atoms with Crippen molar-refractivity contribution in [3.63, 3.8) is 0 Å². The summed E-state index contributed by atoms with van der Waals surface area (Å²) >= 11 is 0. The summed E-state index contributed by atoms with van der Waals surface area (Å²) in [6, 6.07) is 13.9. The summed E-state index contributed by atoms with van der Waals surface area (Å²) in [5.41, 5.74) is 13.6. The third-order valence-corrected chi connectivity index (χ3v) is 11.8. The molecule has 0 bridgehead atoms. The zero-order valence-corrected chi connectivity index (χ0v) is 20.4. The van der Waals surface area contributed by atoms with Crippen LogP contribution in [0.1, 0.15) is 85.0 Å². The van der Waals surface area contributed by atoms with Crippen LogP contribution in [0.5, 0.6) is 0 Å². The smallest absolute Gasteiger partial charge is 0.0679 e. The molecule has 0 N–H and O–H groups in total. The lowest BCUT2D eigenvalue weighted by Crippen LogP contribution is -2.43. The minimum atomic E-state index is -1.75. The molecule has 0 aliphatic heterocycles. The highest BCUT2D eigenvalue weighted by molar-refractivity contribution is 6.81. The Morgan fingerprint density at radius 3 is 2.14 bits per heavy atom. The SMILES string of the molecule is CC1=Cc2c(C(C)C)ccc(C)c2C1[Si](C)(C)C1C(C(C)C)=Cc2ccccc21. The Morgan fingerprint density at radius 1 is 0.793 bits per heavy atom. The summed E-state index contributed by atoms with van der Waals surface area (Å²) in [4.78, 5) is 0. The van der Waals surface area contributed by atoms with E-state index in [1.807, 2.05) is 0 Å². The standard InChI is InChI=1S/C28H36Si/c1-17(2)22-14-13-19(5)26-25(22)15-20(6)27(26)29(7,8)28-23-12-10-9-11-21(23)16-24(28)18(3)4/h9-18,27-28H,1-8H3. The van der Waals surface area contributed by atoms with Crippen LogP contribution in [-0.4, -0.2) is 8.07 Å². The summed E-state index contributed by atoms with van der Waals surface area (Å²) < 4.78 is 0. The molecule has 0 radical (unpaired) electrons. The average Bonchev–Trinajstić information content (AvgIpc) is 3.20. The predicted octanol–water partition coefficient (Wildman–Crippen LogP) is 8.24. The van der Waals surface area contributed by atoms with E-state index >= 15 is 0 Å². The van der Waals surface area contributed by atoms with Gasteiger partial charge in [-0.25, -0.2) is 0 Å². The molecule has 0 spiro atoms. The molecular formula is C28H36Si. The number of rotatable bonds is 4.